The van der Waals surface area contributed by atoms with E-state index < -0.39 is 17.8 Å². The van der Waals surface area contributed by atoms with Crippen molar-refractivity contribution in [2.45, 2.75) is 12.3 Å². The lowest BCUT2D eigenvalue weighted by Crippen LogP contribution is -2.13. The van der Waals surface area contributed by atoms with Crippen LogP contribution >= 0.6 is 15.9 Å². The number of hydrogen-bond donors (Lipinski definition) is 0. The monoisotopic (exact) mass is 355 g/mol. The van der Waals surface area contributed by atoms with E-state index in [2.05, 4.69) is 20.9 Å². The zero-order valence-corrected chi connectivity index (χ0v) is 12.1. The van der Waals surface area contributed by atoms with Crippen molar-refractivity contribution >= 4 is 27.8 Å². The molecule has 0 saturated carbocycles. The largest absolute Gasteiger partial charge is 0.477 e. The van der Waals surface area contributed by atoms with Gasteiger partial charge in [0.1, 0.15) is 5.69 Å². The number of aliphatic imine (C=N–C) groups is 1. The molecule has 0 fully saturated rings. The molecule has 1 atom stereocenters. The molecular weight excluding hydrogens is 347 g/mol. The fourth-order valence-corrected chi connectivity index (χ4v) is 2.49. The smallest absolute Gasteiger partial charge is 0.416 e. The zero-order chi connectivity index (χ0) is 15.0. The van der Waals surface area contributed by atoms with Crippen molar-refractivity contribution in [1.29, 1.82) is 0 Å². The molecule has 21 heavy (non-hydrogen) atoms. The van der Waals surface area contributed by atoms with Gasteiger partial charge in [-0.3, -0.25) is 4.99 Å². The topological polar surface area (TPSA) is 21.6 Å². The molecule has 0 saturated heterocycles. The molecule has 0 bridgehead atoms. The van der Waals surface area contributed by atoms with Gasteiger partial charge in [0.2, 0.25) is 0 Å². The van der Waals surface area contributed by atoms with Crippen molar-refractivity contribution in [3.63, 3.8) is 0 Å². The van der Waals surface area contributed by atoms with E-state index >= 15 is 0 Å². The van der Waals surface area contributed by atoms with Gasteiger partial charge in [-0.15, -0.1) is 0 Å². The molecule has 2 aromatic rings. The Bertz CT molecular complexity index is 695. The van der Waals surface area contributed by atoms with Crippen LogP contribution in [0.25, 0.3) is 0 Å². The highest BCUT2D eigenvalue weighted by molar-refractivity contribution is 9.10. The van der Waals surface area contributed by atoms with Crippen molar-refractivity contribution in [1.82, 2.24) is 0 Å². The molecule has 2 nitrogen and oxygen atoms in total. The summed E-state index contributed by atoms with van der Waals surface area (Å²) in [7, 11) is 0. The number of nitrogens with zero attached hydrogens (tertiary/aromatic N) is 1. The third-order valence-electron chi connectivity index (χ3n) is 3.11. The fraction of sp³-hybridized carbons (Fsp3) is 0.133. The average Bonchev–Trinajstić information content (AvgIpc) is 2.47. The summed E-state index contributed by atoms with van der Waals surface area (Å²) in [5, 5.41) is 0. The van der Waals surface area contributed by atoms with E-state index in [1.807, 2.05) is 12.1 Å². The number of halogens is 4. The minimum atomic E-state index is -4.34. The maximum absolute atomic E-state index is 12.5. The lowest BCUT2D eigenvalue weighted by Gasteiger charge is -2.22. The van der Waals surface area contributed by atoms with Crippen molar-refractivity contribution in [2.75, 3.05) is 0 Å². The van der Waals surface area contributed by atoms with Gasteiger partial charge in [0.15, 0.2) is 11.9 Å². The van der Waals surface area contributed by atoms with Gasteiger partial charge in [-0.2, -0.15) is 13.2 Å². The Hall–Kier alpha value is -1.82. The second-order valence-electron chi connectivity index (χ2n) is 4.52. The predicted molar refractivity (Wildman–Crippen MR) is 77.1 cm³/mol. The third kappa shape index (κ3) is 2.81. The summed E-state index contributed by atoms with van der Waals surface area (Å²) in [4.78, 5) is 4.28. The number of hydrogen-bond acceptors (Lipinski definition) is 2. The number of alkyl halides is 3. The maximum Gasteiger partial charge on any atom is 0.416 e. The van der Waals surface area contributed by atoms with E-state index in [0.29, 0.717) is 17.0 Å². The van der Waals surface area contributed by atoms with E-state index in [1.54, 1.807) is 12.3 Å². The van der Waals surface area contributed by atoms with Gasteiger partial charge in [0.25, 0.3) is 0 Å². The van der Waals surface area contributed by atoms with Crippen LogP contribution in [0.1, 0.15) is 17.2 Å². The third-order valence-corrected chi connectivity index (χ3v) is 3.73. The van der Waals surface area contributed by atoms with E-state index in [0.717, 1.165) is 16.6 Å². The molecule has 0 amide bonds. The van der Waals surface area contributed by atoms with Gasteiger partial charge in [0, 0.05) is 0 Å². The molecule has 0 spiro atoms. The molecule has 1 aliphatic rings. The Labute approximate surface area is 127 Å². The second kappa shape index (κ2) is 5.18. The second-order valence-corrected chi connectivity index (χ2v) is 5.38. The molecule has 108 valence electrons. The van der Waals surface area contributed by atoms with Crippen molar-refractivity contribution in [3.05, 3.63) is 58.1 Å². The van der Waals surface area contributed by atoms with E-state index in [-0.39, 0.29) is 0 Å². The minimum Gasteiger partial charge on any atom is -0.477 e. The minimum absolute atomic E-state index is 0.501. The van der Waals surface area contributed by atoms with Gasteiger partial charge in [-0.1, -0.05) is 18.2 Å². The lowest BCUT2D eigenvalue weighted by molar-refractivity contribution is -0.137. The summed E-state index contributed by atoms with van der Waals surface area (Å²) in [5.74, 6) is 0.588. The molecule has 3 rings (SSSR count). The Kier molecular flexibility index (Phi) is 3.49. The molecule has 0 N–H and O–H groups in total. The first-order valence-corrected chi connectivity index (χ1v) is 6.91. The summed E-state index contributed by atoms with van der Waals surface area (Å²) in [6.45, 7) is 0. The van der Waals surface area contributed by atoms with Gasteiger partial charge in [0.05, 0.1) is 16.3 Å². The highest BCUT2D eigenvalue weighted by Gasteiger charge is 2.30. The van der Waals surface area contributed by atoms with E-state index in [1.165, 1.54) is 12.1 Å². The quantitative estimate of drug-likeness (QED) is 0.679. The van der Waals surface area contributed by atoms with Crippen LogP contribution in [0.3, 0.4) is 0 Å². The highest BCUT2D eigenvalue weighted by atomic mass is 79.9. The van der Waals surface area contributed by atoms with Crippen LogP contribution in [0, 0.1) is 0 Å². The van der Waals surface area contributed by atoms with Crippen LogP contribution in [0.2, 0.25) is 0 Å². The van der Waals surface area contributed by atoms with Crippen molar-refractivity contribution in [2.24, 2.45) is 4.99 Å². The fourth-order valence-electron chi connectivity index (χ4n) is 2.04. The molecule has 6 heteroatoms. The number of ether oxygens (including phenoxy) is 1. The van der Waals surface area contributed by atoms with Gasteiger partial charge >= 0.3 is 6.18 Å². The maximum atomic E-state index is 12.5. The molecule has 0 aliphatic carbocycles. The van der Waals surface area contributed by atoms with Gasteiger partial charge in [-0.25, -0.2) is 0 Å². The van der Waals surface area contributed by atoms with Crippen LogP contribution in [-0.4, -0.2) is 6.21 Å². The normalized spacial score (nSPS) is 17.2. The lowest BCUT2D eigenvalue weighted by atomic mass is 10.1. The zero-order valence-electron chi connectivity index (χ0n) is 10.6. The molecule has 2 aromatic carbocycles. The number of para-hydroxylation sites is 1. The Morgan fingerprint density at radius 3 is 2.43 bits per heavy atom. The summed E-state index contributed by atoms with van der Waals surface area (Å²) in [6.07, 6.45) is -3.26. The highest BCUT2D eigenvalue weighted by Crippen LogP contribution is 2.40. The number of fused-ring (bicyclic) bond motifs is 1. The van der Waals surface area contributed by atoms with Crippen molar-refractivity contribution < 1.29 is 17.9 Å². The predicted octanol–water partition coefficient (Wildman–Crippen LogP) is 5.30. The SMILES string of the molecule is FC(F)(F)c1ccc([C@@H]2C=Nc3cccc(Br)c3O2)cc1. The Morgan fingerprint density at radius 2 is 1.76 bits per heavy atom. The first-order chi connectivity index (χ1) is 9.95. The molecule has 1 aliphatic heterocycles. The molecule has 0 unspecified atom stereocenters. The molecule has 1 heterocycles. The number of benzene rings is 2. The van der Waals surface area contributed by atoms with E-state index in [9.17, 15) is 13.2 Å². The van der Waals surface area contributed by atoms with Gasteiger partial charge < -0.3 is 4.74 Å². The van der Waals surface area contributed by atoms with E-state index in [4.69, 9.17) is 4.74 Å². The van der Waals surface area contributed by atoms with Gasteiger partial charge in [-0.05, 0) is 45.8 Å². The van der Waals surface area contributed by atoms with Crippen LogP contribution in [0.4, 0.5) is 18.9 Å². The van der Waals surface area contributed by atoms with Crippen LogP contribution in [-0.2, 0) is 6.18 Å². The average molecular weight is 356 g/mol. The Morgan fingerprint density at radius 1 is 1.05 bits per heavy atom. The summed E-state index contributed by atoms with van der Waals surface area (Å²) >= 11 is 3.37. The molecule has 0 aromatic heterocycles. The summed E-state index contributed by atoms with van der Waals surface area (Å²) < 4.78 is 44.2. The first-order valence-electron chi connectivity index (χ1n) is 6.11. The summed E-state index contributed by atoms with van der Waals surface area (Å²) in [5.41, 5.74) is 0.626. The molecular formula is C15H9BrF3NO. The standard InChI is InChI=1S/C15H9BrF3NO/c16-11-2-1-3-12-14(11)21-13(8-20-12)9-4-6-10(7-5-9)15(17,18)19/h1-8,13H/t13-/m0/s1. The van der Waals surface area contributed by atoms with Crippen molar-refractivity contribution in [3.8, 4) is 5.75 Å². The summed E-state index contributed by atoms with van der Waals surface area (Å²) in [6, 6.07) is 10.4. The van der Waals surface area contributed by atoms with Crippen LogP contribution in [0.5, 0.6) is 5.75 Å². The first kappa shape index (κ1) is 14.1. The van der Waals surface area contributed by atoms with Crippen LogP contribution < -0.4 is 4.74 Å². The molecule has 0 radical (unpaired) electrons. The number of rotatable bonds is 1. The Balaban J connectivity index is 1.89. The van der Waals surface area contributed by atoms with Crippen LogP contribution in [0.15, 0.2) is 51.9 Å².